The second-order valence-corrected chi connectivity index (χ2v) is 2.82. The molecule has 2 aromatic heterocycles. The SMILES string of the molecule is CC(=O)NNc1nc2nc[nH]c2c(=O)[nH]1. The Balaban J connectivity index is 2.36. The number of imidazole rings is 1. The molecule has 0 spiro atoms. The van der Waals surface area contributed by atoms with Crippen LogP contribution in [0.2, 0.25) is 0 Å². The van der Waals surface area contributed by atoms with Crippen molar-refractivity contribution in [2.45, 2.75) is 6.92 Å². The van der Waals surface area contributed by atoms with Gasteiger partial charge in [-0.1, -0.05) is 0 Å². The van der Waals surface area contributed by atoms with Gasteiger partial charge in [-0.2, -0.15) is 4.98 Å². The van der Waals surface area contributed by atoms with Crippen molar-refractivity contribution in [3.05, 3.63) is 16.7 Å². The van der Waals surface area contributed by atoms with Gasteiger partial charge in [-0.05, 0) is 0 Å². The van der Waals surface area contributed by atoms with Gasteiger partial charge in [0.25, 0.3) is 5.56 Å². The van der Waals surface area contributed by atoms with E-state index in [9.17, 15) is 9.59 Å². The molecular weight excluding hydrogens is 200 g/mol. The van der Waals surface area contributed by atoms with Crippen LogP contribution in [0.15, 0.2) is 11.1 Å². The van der Waals surface area contributed by atoms with Gasteiger partial charge in [0.15, 0.2) is 11.2 Å². The molecule has 0 aromatic carbocycles. The van der Waals surface area contributed by atoms with E-state index in [2.05, 4.69) is 30.8 Å². The number of aromatic nitrogens is 4. The Morgan fingerprint density at radius 3 is 3.07 bits per heavy atom. The first-order valence-corrected chi connectivity index (χ1v) is 4.13. The number of H-pyrrole nitrogens is 2. The largest absolute Gasteiger partial charge is 0.339 e. The molecule has 4 N–H and O–H groups in total. The molecule has 78 valence electrons. The van der Waals surface area contributed by atoms with Crippen LogP contribution in [0.4, 0.5) is 5.95 Å². The summed E-state index contributed by atoms with van der Waals surface area (Å²) < 4.78 is 0. The van der Waals surface area contributed by atoms with Crippen molar-refractivity contribution < 1.29 is 4.79 Å². The van der Waals surface area contributed by atoms with Gasteiger partial charge in [0.05, 0.1) is 6.33 Å². The zero-order valence-corrected chi connectivity index (χ0v) is 7.79. The fourth-order valence-electron chi connectivity index (χ4n) is 1.05. The number of carbonyl (C=O) groups excluding carboxylic acids is 1. The molecule has 2 aromatic rings. The lowest BCUT2D eigenvalue weighted by atomic mass is 10.5. The zero-order chi connectivity index (χ0) is 10.8. The van der Waals surface area contributed by atoms with Crippen molar-refractivity contribution in [3.8, 4) is 0 Å². The third-order valence-corrected chi connectivity index (χ3v) is 1.65. The lowest BCUT2D eigenvalue weighted by molar-refractivity contribution is -0.118. The van der Waals surface area contributed by atoms with Gasteiger partial charge < -0.3 is 4.98 Å². The summed E-state index contributed by atoms with van der Waals surface area (Å²) >= 11 is 0. The van der Waals surface area contributed by atoms with Crippen molar-refractivity contribution >= 4 is 23.0 Å². The fraction of sp³-hybridized carbons (Fsp3) is 0.143. The minimum absolute atomic E-state index is 0.134. The third kappa shape index (κ3) is 1.77. The molecule has 0 saturated carbocycles. The predicted octanol–water partition coefficient (Wildman–Crippen LogP) is -0.891. The van der Waals surface area contributed by atoms with E-state index in [0.29, 0.717) is 5.52 Å². The lowest BCUT2D eigenvalue weighted by Crippen LogP contribution is -2.29. The van der Waals surface area contributed by atoms with Crippen LogP contribution < -0.4 is 16.4 Å². The Morgan fingerprint density at radius 2 is 2.33 bits per heavy atom. The summed E-state index contributed by atoms with van der Waals surface area (Å²) in [6, 6.07) is 0. The highest BCUT2D eigenvalue weighted by atomic mass is 16.2. The second kappa shape index (κ2) is 3.40. The fourth-order valence-corrected chi connectivity index (χ4v) is 1.05. The quantitative estimate of drug-likeness (QED) is 0.478. The average Bonchev–Trinajstić information content (AvgIpc) is 2.63. The van der Waals surface area contributed by atoms with Crippen LogP contribution >= 0.6 is 0 Å². The molecule has 1 amide bonds. The van der Waals surface area contributed by atoms with Crippen molar-refractivity contribution in [1.29, 1.82) is 0 Å². The van der Waals surface area contributed by atoms with Crippen LogP contribution in [-0.2, 0) is 4.79 Å². The van der Waals surface area contributed by atoms with Gasteiger partial charge in [0.1, 0.15) is 0 Å². The van der Waals surface area contributed by atoms with Gasteiger partial charge in [-0.3, -0.25) is 25.4 Å². The maximum atomic E-state index is 11.4. The van der Waals surface area contributed by atoms with Crippen LogP contribution in [-0.4, -0.2) is 25.8 Å². The van der Waals surface area contributed by atoms with Crippen LogP contribution in [0, 0.1) is 0 Å². The van der Waals surface area contributed by atoms with Crippen molar-refractivity contribution in [1.82, 2.24) is 25.4 Å². The molecule has 8 heteroatoms. The van der Waals surface area contributed by atoms with Crippen molar-refractivity contribution in [3.63, 3.8) is 0 Å². The van der Waals surface area contributed by atoms with E-state index in [0.717, 1.165) is 0 Å². The Morgan fingerprint density at radius 1 is 1.53 bits per heavy atom. The first-order chi connectivity index (χ1) is 7.16. The van der Waals surface area contributed by atoms with Crippen LogP contribution in [0.3, 0.4) is 0 Å². The van der Waals surface area contributed by atoms with E-state index in [4.69, 9.17) is 0 Å². The standard InChI is InChI=1S/C7H8N6O2/c1-3(14)12-13-7-10-5-4(6(15)11-7)8-2-9-5/h2H,1H3,(H,12,14)(H3,8,9,10,11,13,15). The molecule has 2 rings (SSSR count). The van der Waals surface area contributed by atoms with Crippen molar-refractivity contribution in [2.75, 3.05) is 5.43 Å². The number of fused-ring (bicyclic) bond motifs is 1. The van der Waals surface area contributed by atoms with E-state index >= 15 is 0 Å². The molecule has 2 heterocycles. The van der Waals surface area contributed by atoms with Crippen molar-refractivity contribution in [2.24, 2.45) is 0 Å². The lowest BCUT2D eigenvalue weighted by Gasteiger charge is -2.03. The van der Waals surface area contributed by atoms with Gasteiger partial charge in [-0.25, -0.2) is 4.98 Å². The van der Waals surface area contributed by atoms with Gasteiger partial charge >= 0.3 is 0 Å². The smallest absolute Gasteiger partial charge is 0.278 e. The summed E-state index contributed by atoms with van der Waals surface area (Å²) in [4.78, 5) is 34.8. The Hall–Kier alpha value is -2.38. The second-order valence-electron chi connectivity index (χ2n) is 2.82. The topological polar surface area (TPSA) is 116 Å². The molecule has 15 heavy (non-hydrogen) atoms. The summed E-state index contributed by atoms with van der Waals surface area (Å²) in [7, 11) is 0. The minimum atomic E-state index is -0.356. The van der Waals surface area contributed by atoms with E-state index in [-0.39, 0.29) is 23.1 Å². The predicted molar refractivity (Wildman–Crippen MR) is 51.9 cm³/mol. The molecule has 0 bridgehead atoms. The Labute approximate surface area is 83.1 Å². The number of nitrogens with one attached hydrogen (secondary N) is 4. The first kappa shape index (κ1) is 9.19. The number of amides is 1. The summed E-state index contributed by atoms with van der Waals surface area (Å²) in [6.07, 6.45) is 1.37. The minimum Gasteiger partial charge on any atom is -0.339 e. The van der Waals surface area contributed by atoms with E-state index in [1.54, 1.807) is 0 Å². The van der Waals surface area contributed by atoms with E-state index in [1.807, 2.05) is 0 Å². The van der Waals surface area contributed by atoms with Crippen LogP contribution in [0.5, 0.6) is 0 Å². The molecule has 0 fully saturated rings. The maximum absolute atomic E-state index is 11.4. The molecule has 8 nitrogen and oxygen atoms in total. The summed E-state index contributed by atoms with van der Waals surface area (Å²) in [5.74, 6) is -0.158. The molecule has 0 saturated heterocycles. The molecule has 0 aliphatic rings. The zero-order valence-electron chi connectivity index (χ0n) is 7.79. The third-order valence-electron chi connectivity index (χ3n) is 1.65. The Kier molecular flexibility index (Phi) is 2.08. The number of rotatable bonds is 2. The first-order valence-electron chi connectivity index (χ1n) is 4.13. The van der Waals surface area contributed by atoms with Gasteiger partial charge in [-0.15, -0.1) is 0 Å². The summed E-state index contributed by atoms with van der Waals surface area (Å²) in [5.41, 5.74) is 4.96. The normalized spacial score (nSPS) is 10.2. The number of carbonyl (C=O) groups is 1. The molecule has 0 unspecified atom stereocenters. The monoisotopic (exact) mass is 208 g/mol. The molecule has 0 atom stereocenters. The molecule has 0 radical (unpaired) electrons. The van der Waals surface area contributed by atoms with E-state index < -0.39 is 0 Å². The average molecular weight is 208 g/mol. The molecule has 0 aliphatic carbocycles. The van der Waals surface area contributed by atoms with Crippen LogP contribution in [0.1, 0.15) is 6.92 Å². The number of nitrogens with zero attached hydrogens (tertiary/aromatic N) is 2. The highest BCUT2D eigenvalue weighted by Gasteiger charge is 2.04. The molecular formula is C7H8N6O2. The molecule has 0 aliphatic heterocycles. The summed E-state index contributed by atoms with van der Waals surface area (Å²) in [6.45, 7) is 1.33. The number of hydrogen-bond donors (Lipinski definition) is 4. The number of anilines is 1. The number of hydrogen-bond acceptors (Lipinski definition) is 5. The summed E-state index contributed by atoms with van der Waals surface area (Å²) in [5, 5.41) is 0. The number of hydrazine groups is 1. The number of aromatic amines is 2. The van der Waals surface area contributed by atoms with E-state index in [1.165, 1.54) is 13.3 Å². The highest BCUT2D eigenvalue weighted by Crippen LogP contribution is 2.01. The van der Waals surface area contributed by atoms with Gasteiger partial charge in [0, 0.05) is 6.92 Å². The van der Waals surface area contributed by atoms with Gasteiger partial charge in [0.2, 0.25) is 11.9 Å². The maximum Gasteiger partial charge on any atom is 0.278 e. The van der Waals surface area contributed by atoms with Crippen LogP contribution in [0.25, 0.3) is 11.2 Å². The highest BCUT2D eigenvalue weighted by molar-refractivity contribution is 5.74. The Bertz CT molecular complexity index is 556.